The van der Waals surface area contributed by atoms with Crippen LogP contribution in [0.1, 0.15) is 33.4 Å². The van der Waals surface area contributed by atoms with Gasteiger partial charge in [-0.25, -0.2) is 0 Å². The van der Waals surface area contributed by atoms with E-state index in [9.17, 15) is 0 Å². The third-order valence-corrected chi connectivity index (χ3v) is 8.61. The molecule has 0 spiro atoms. The van der Waals surface area contributed by atoms with Crippen LogP contribution in [-0.4, -0.2) is 14.7 Å². The zero-order chi connectivity index (χ0) is 18.0. The summed E-state index contributed by atoms with van der Waals surface area (Å²) in [5.41, 5.74) is 7.34. The number of ether oxygens (including phenoxy) is 1. The molecule has 1 unspecified atom stereocenters. The summed E-state index contributed by atoms with van der Waals surface area (Å²) >= 11 is 0. The Hall–Kier alpha value is -2.06. The highest BCUT2D eigenvalue weighted by Gasteiger charge is 2.35. The molecule has 2 aromatic carbocycles. The van der Waals surface area contributed by atoms with Crippen LogP contribution in [0, 0.1) is 13.8 Å². The molecule has 130 valence electrons. The van der Waals surface area contributed by atoms with Crippen LogP contribution in [0.4, 0.5) is 0 Å². The highest BCUT2D eigenvalue weighted by Crippen LogP contribution is 2.40. The van der Waals surface area contributed by atoms with E-state index in [1.807, 2.05) is 6.08 Å². The lowest BCUT2D eigenvalue weighted by molar-refractivity contribution is 0.357. The fourth-order valence-corrected chi connectivity index (χ4v) is 7.24. The molecule has 1 aliphatic carbocycles. The predicted octanol–water partition coefficient (Wildman–Crippen LogP) is 6.01. The Bertz CT molecular complexity index is 817. The Balaban J connectivity index is 1.94. The Labute approximate surface area is 153 Å². The van der Waals surface area contributed by atoms with Crippen molar-refractivity contribution in [3.05, 3.63) is 82.9 Å². The molecule has 25 heavy (non-hydrogen) atoms. The second kappa shape index (κ2) is 7.05. The van der Waals surface area contributed by atoms with Gasteiger partial charge in [0, 0.05) is 0 Å². The average Bonchev–Trinajstić information content (AvgIpc) is 2.98. The van der Waals surface area contributed by atoms with Crippen molar-refractivity contribution < 1.29 is 4.74 Å². The van der Waals surface area contributed by atoms with E-state index in [4.69, 9.17) is 4.74 Å². The molecule has 0 bridgehead atoms. The number of hydrogen-bond donors (Lipinski definition) is 0. The van der Waals surface area contributed by atoms with E-state index in [0.29, 0.717) is 12.1 Å². The maximum absolute atomic E-state index is 6.04. The van der Waals surface area contributed by atoms with Gasteiger partial charge in [-0.15, -0.1) is 0 Å². The van der Waals surface area contributed by atoms with Gasteiger partial charge in [0.2, 0.25) is 0 Å². The summed E-state index contributed by atoms with van der Waals surface area (Å²) in [5.74, 6) is 1.06. The normalized spacial score (nSPS) is 15.9. The van der Waals surface area contributed by atoms with Gasteiger partial charge in [0.05, 0.1) is 8.07 Å². The molecule has 2 heteroatoms. The molecular formula is C23H28OSi. The molecule has 3 rings (SSSR count). The number of benzene rings is 2. The van der Waals surface area contributed by atoms with Crippen molar-refractivity contribution >= 4 is 14.1 Å². The fraction of sp³-hybridized carbons (Fsp3) is 0.304. The standard InChI is InChI=1S/C23H28OSi/c1-6-13-24-23-18(3)14-17(2)15-20(23)16-25(4,5)22-12-11-19-9-7-8-10-21(19)22/h6-12,14-15,22H,1,13,16H2,2-5H3. The predicted molar refractivity (Wildman–Crippen MR) is 111 cm³/mol. The fourth-order valence-electron chi connectivity index (χ4n) is 4.05. The molecule has 0 radical (unpaired) electrons. The summed E-state index contributed by atoms with van der Waals surface area (Å²) in [6.45, 7) is 13.7. The summed E-state index contributed by atoms with van der Waals surface area (Å²) in [6.07, 6.45) is 6.54. The molecule has 1 aliphatic rings. The monoisotopic (exact) mass is 348 g/mol. The minimum absolute atomic E-state index is 0.561. The van der Waals surface area contributed by atoms with E-state index in [2.05, 4.69) is 82.1 Å². The molecule has 0 fully saturated rings. The van der Waals surface area contributed by atoms with Gasteiger partial charge in [-0.2, -0.15) is 0 Å². The molecule has 0 aliphatic heterocycles. The van der Waals surface area contributed by atoms with Crippen molar-refractivity contribution in [2.24, 2.45) is 0 Å². The lowest BCUT2D eigenvalue weighted by atomic mass is 10.1. The van der Waals surface area contributed by atoms with Crippen LogP contribution >= 0.6 is 0 Å². The third-order valence-electron chi connectivity index (χ3n) is 5.13. The Morgan fingerprint density at radius 3 is 2.68 bits per heavy atom. The molecule has 1 atom stereocenters. The first-order valence-electron chi connectivity index (χ1n) is 9.03. The summed E-state index contributed by atoms with van der Waals surface area (Å²) in [7, 11) is -1.57. The van der Waals surface area contributed by atoms with Gasteiger partial charge in [0.15, 0.2) is 0 Å². The van der Waals surface area contributed by atoms with Gasteiger partial charge in [0.25, 0.3) is 0 Å². The molecule has 1 nitrogen and oxygen atoms in total. The van der Waals surface area contributed by atoms with Crippen LogP contribution in [0.2, 0.25) is 13.1 Å². The van der Waals surface area contributed by atoms with Crippen LogP contribution in [0.25, 0.3) is 6.08 Å². The first kappa shape index (κ1) is 17.8. The smallest absolute Gasteiger partial charge is 0.125 e. The van der Waals surface area contributed by atoms with Gasteiger partial charge in [-0.05, 0) is 47.7 Å². The Kier molecular flexibility index (Phi) is 5.00. The quantitative estimate of drug-likeness (QED) is 0.459. The van der Waals surface area contributed by atoms with Crippen LogP contribution in [-0.2, 0) is 6.04 Å². The molecule has 0 N–H and O–H groups in total. The molecule has 2 aromatic rings. The van der Waals surface area contributed by atoms with Gasteiger partial charge in [0.1, 0.15) is 12.4 Å². The van der Waals surface area contributed by atoms with E-state index >= 15 is 0 Å². The summed E-state index contributed by atoms with van der Waals surface area (Å²) < 4.78 is 6.04. The zero-order valence-corrected chi connectivity index (χ0v) is 16.8. The van der Waals surface area contributed by atoms with Crippen molar-refractivity contribution in [1.82, 2.24) is 0 Å². The van der Waals surface area contributed by atoms with Gasteiger partial charge < -0.3 is 4.74 Å². The Morgan fingerprint density at radius 2 is 1.92 bits per heavy atom. The molecule has 0 heterocycles. The lowest BCUT2D eigenvalue weighted by Crippen LogP contribution is -2.36. The first-order valence-corrected chi connectivity index (χ1v) is 12.3. The minimum atomic E-state index is -1.57. The van der Waals surface area contributed by atoms with E-state index in [0.717, 1.165) is 11.8 Å². The van der Waals surface area contributed by atoms with Crippen molar-refractivity contribution in [3.63, 3.8) is 0 Å². The van der Waals surface area contributed by atoms with Crippen molar-refractivity contribution in [2.45, 2.75) is 38.5 Å². The maximum atomic E-state index is 6.04. The summed E-state index contributed by atoms with van der Waals surface area (Å²) in [4.78, 5) is 0. The lowest BCUT2D eigenvalue weighted by Gasteiger charge is -2.31. The van der Waals surface area contributed by atoms with E-state index in [-0.39, 0.29) is 0 Å². The number of allylic oxidation sites excluding steroid dienone is 1. The Morgan fingerprint density at radius 1 is 1.16 bits per heavy atom. The van der Waals surface area contributed by atoms with Crippen LogP contribution < -0.4 is 4.74 Å². The molecule has 0 amide bonds. The van der Waals surface area contributed by atoms with Gasteiger partial charge >= 0.3 is 0 Å². The van der Waals surface area contributed by atoms with Crippen LogP contribution in [0.15, 0.2) is 55.1 Å². The second-order valence-corrected chi connectivity index (χ2v) is 12.8. The average molecular weight is 349 g/mol. The molecule has 0 saturated heterocycles. The molecular weight excluding hydrogens is 320 g/mol. The van der Waals surface area contributed by atoms with E-state index in [1.54, 1.807) is 0 Å². The van der Waals surface area contributed by atoms with Crippen LogP contribution in [0.3, 0.4) is 0 Å². The highest BCUT2D eigenvalue weighted by molar-refractivity contribution is 6.79. The summed E-state index contributed by atoms with van der Waals surface area (Å²) in [5, 5.41) is 0. The first-order chi connectivity index (χ1) is 11.9. The molecule has 0 saturated carbocycles. The highest BCUT2D eigenvalue weighted by atomic mass is 28.3. The topological polar surface area (TPSA) is 9.23 Å². The van der Waals surface area contributed by atoms with E-state index < -0.39 is 8.07 Å². The zero-order valence-electron chi connectivity index (χ0n) is 15.8. The van der Waals surface area contributed by atoms with Gasteiger partial charge in [-0.1, -0.05) is 79.9 Å². The number of fused-ring (bicyclic) bond motifs is 1. The summed E-state index contributed by atoms with van der Waals surface area (Å²) in [6, 6.07) is 14.5. The number of hydrogen-bond acceptors (Lipinski definition) is 1. The number of rotatable bonds is 6. The van der Waals surface area contributed by atoms with Gasteiger partial charge in [-0.3, -0.25) is 0 Å². The van der Waals surface area contributed by atoms with E-state index in [1.165, 1.54) is 27.8 Å². The molecule has 0 aromatic heterocycles. The maximum Gasteiger partial charge on any atom is 0.125 e. The van der Waals surface area contributed by atoms with Crippen LogP contribution in [0.5, 0.6) is 5.75 Å². The third kappa shape index (κ3) is 3.64. The van der Waals surface area contributed by atoms with Crippen molar-refractivity contribution in [3.8, 4) is 5.75 Å². The van der Waals surface area contributed by atoms with Crippen molar-refractivity contribution in [2.75, 3.05) is 6.61 Å². The van der Waals surface area contributed by atoms with Crippen molar-refractivity contribution in [1.29, 1.82) is 0 Å². The largest absolute Gasteiger partial charge is 0.489 e. The SMILES string of the molecule is C=CCOc1c(C)cc(C)cc1C[Si](C)(C)C1C=Cc2ccccc21. The number of aryl methyl sites for hydroxylation is 2. The minimum Gasteiger partial charge on any atom is -0.489 e. The second-order valence-electron chi connectivity index (χ2n) is 7.80.